The first kappa shape index (κ1) is 13.2. The summed E-state index contributed by atoms with van der Waals surface area (Å²) in [7, 11) is 0. The quantitative estimate of drug-likeness (QED) is 0.875. The maximum Gasteiger partial charge on any atom is 0.338 e. The summed E-state index contributed by atoms with van der Waals surface area (Å²) >= 11 is 0. The van der Waals surface area contributed by atoms with Crippen LogP contribution in [0.1, 0.15) is 46.6 Å². The smallest absolute Gasteiger partial charge is 0.338 e. The van der Waals surface area contributed by atoms with Crippen LogP contribution in [0, 0.1) is 5.92 Å². The Bertz CT molecular complexity index is 519. The molecule has 0 aromatic carbocycles. The molecule has 1 amide bonds. The molecule has 1 saturated heterocycles. The van der Waals surface area contributed by atoms with Crippen LogP contribution < -0.4 is 5.32 Å². The van der Waals surface area contributed by atoms with Crippen molar-refractivity contribution in [1.29, 1.82) is 0 Å². The molecule has 2 N–H and O–H groups in total. The van der Waals surface area contributed by atoms with Crippen molar-refractivity contribution in [1.82, 2.24) is 5.32 Å². The number of rotatable bonds is 4. The van der Waals surface area contributed by atoms with Crippen LogP contribution in [0.25, 0.3) is 0 Å². The molecule has 1 aliphatic heterocycles. The SMILES string of the molecule is O=C(O)c1coc(C(=O)NC2CCOC(C3CC3)C2)c1. The molecule has 1 aliphatic carbocycles. The van der Waals surface area contributed by atoms with E-state index >= 15 is 0 Å². The van der Waals surface area contributed by atoms with Gasteiger partial charge in [-0.15, -0.1) is 0 Å². The molecule has 2 atom stereocenters. The number of furan rings is 1. The summed E-state index contributed by atoms with van der Waals surface area (Å²) in [5.41, 5.74) is -0.0158. The van der Waals surface area contributed by atoms with Crippen LogP contribution in [-0.2, 0) is 4.74 Å². The lowest BCUT2D eigenvalue weighted by atomic mass is 10.00. The molecule has 0 radical (unpaired) electrons. The van der Waals surface area contributed by atoms with Crippen molar-refractivity contribution in [2.45, 2.75) is 37.8 Å². The Morgan fingerprint density at radius 2 is 2.10 bits per heavy atom. The van der Waals surface area contributed by atoms with E-state index in [2.05, 4.69) is 5.32 Å². The highest BCUT2D eigenvalue weighted by molar-refractivity contribution is 5.95. The zero-order chi connectivity index (χ0) is 14.1. The Balaban J connectivity index is 1.58. The van der Waals surface area contributed by atoms with Crippen molar-refractivity contribution >= 4 is 11.9 Å². The number of hydrogen-bond donors (Lipinski definition) is 2. The summed E-state index contributed by atoms with van der Waals surface area (Å²) in [4.78, 5) is 22.7. The lowest BCUT2D eigenvalue weighted by molar-refractivity contribution is -0.0103. The van der Waals surface area contributed by atoms with Gasteiger partial charge in [0.15, 0.2) is 5.76 Å². The van der Waals surface area contributed by atoms with Gasteiger partial charge >= 0.3 is 5.97 Å². The molecule has 2 heterocycles. The minimum absolute atomic E-state index is 0.0158. The minimum Gasteiger partial charge on any atom is -0.478 e. The predicted molar refractivity (Wildman–Crippen MR) is 68.6 cm³/mol. The van der Waals surface area contributed by atoms with Gasteiger partial charge in [0.25, 0.3) is 5.91 Å². The highest BCUT2D eigenvalue weighted by atomic mass is 16.5. The third-order valence-electron chi connectivity index (χ3n) is 3.87. The summed E-state index contributed by atoms with van der Waals surface area (Å²) in [5, 5.41) is 11.7. The maximum atomic E-state index is 12.0. The van der Waals surface area contributed by atoms with Gasteiger partial charge in [0.05, 0.1) is 11.7 Å². The van der Waals surface area contributed by atoms with Gasteiger partial charge in [0.2, 0.25) is 0 Å². The highest BCUT2D eigenvalue weighted by Gasteiger charge is 2.36. The molecule has 108 valence electrons. The van der Waals surface area contributed by atoms with Crippen molar-refractivity contribution in [3.8, 4) is 0 Å². The summed E-state index contributed by atoms with van der Waals surface area (Å²) < 4.78 is 10.7. The van der Waals surface area contributed by atoms with Crippen LogP contribution in [0.3, 0.4) is 0 Å². The number of carbonyl (C=O) groups is 2. The molecule has 3 rings (SSSR count). The van der Waals surface area contributed by atoms with Gasteiger partial charge in [-0.3, -0.25) is 4.79 Å². The molecule has 2 aliphatic rings. The van der Waals surface area contributed by atoms with Crippen molar-refractivity contribution in [2.24, 2.45) is 5.92 Å². The highest BCUT2D eigenvalue weighted by Crippen LogP contribution is 2.38. The standard InChI is InChI=1S/C14H17NO5/c16-13(12-5-9(7-20-12)14(17)18)15-10-3-4-19-11(6-10)8-1-2-8/h5,7-8,10-11H,1-4,6H2,(H,15,16)(H,17,18). The lowest BCUT2D eigenvalue weighted by Gasteiger charge is -2.30. The van der Waals surface area contributed by atoms with E-state index in [0.29, 0.717) is 12.5 Å². The van der Waals surface area contributed by atoms with E-state index in [1.807, 2.05) is 0 Å². The van der Waals surface area contributed by atoms with E-state index in [9.17, 15) is 9.59 Å². The average Bonchev–Trinajstić information content (AvgIpc) is 3.15. The van der Waals surface area contributed by atoms with E-state index in [0.717, 1.165) is 19.1 Å². The number of carboxylic acid groups (broad SMARTS) is 1. The molecule has 6 nitrogen and oxygen atoms in total. The first-order valence-corrected chi connectivity index (χ1v) is 6.88. The number of nitrogens with one attached hydrogen (secondary N) is 1. The number of carbonyl (C=O) groups excluding carboxylic acids is 1. The average molecular weight is 279 g/mol. The minimum atomic E-state index is -1.10. The van der Waals surface area contributed by atoms with Crippen molar-refractivity contribution in [2.75, 3.05) is 6.61 Å². The second-order valence-corrected chi connectivity index (χ2v) is 5.45. The fraction of sp³-hybridized carbons (Fsp3) is 0.571. The maximum absolute atomic E-state index is 12.0. The summed E-state index contributed by atoms with van der Waals surface area (Å²) in [6.07, 6.45) is 5.36. The third-order valence-corrected chi connectivity index (χ3v) is 3.87. The fourth-order valence-corrected chi connectivity index (χ4v) is 2.58. The van der Waals surface area contributed by atoms with Crippen LogP contribution in [0.5, 0.6) is 0 Å². The van der Waals surface area contributed by atoms with Gasteiger partial charge in [0, 0.05) is 18.7 Å². The van der Waals surface area contributed by atoms with Gasteiger partial charge in [-0.1, -0.05) is 0 Å². The number of amides is 1. The molecule has 0 spiro atoms. The lowest BCUT2D eigenvalue weighted by Crippen LogP contribution is -2.42. The molecule has 0 bridgehead atoms. The molecule has 2 unspecified atom stereocenters. The van der Waals surface area contributed by atoms with Crippen LogP contribution in [0.4, 0.5) is 0 Å². The zero-order valence-electron chi connectivity index (χ0n) is 11.0. The van der Waals surface area contributed by atoms with E-state index in [1.54, 1.807) is 0 Å². The van der Waals surface area contributed by atoms with Crippen LogP contribution in [-0.4, -0.2) is 35.7 Å². The Kier molecular flexibility index (Phi) is 3.48. The first-order chi connectivity index (χ1) is 9.63. The van der Waals surface area contributed by atoms with Gasteiger partial charge in [-0.05, 0) is 31.6 Å². The second-order valence-electron chi connectivity index (χ2n) is 5.45. The molecule has 2 fully saturated rings. The number of aromatic carboxylic acids is 1. The first-order valence-electron chi connectivity index (χ1n) is 6.88. The van der Waals surface area contributed by atoms with Gasteiger partial charge < -0.3 is 19.6 Å². The Hall–Kier alpha value is -1.82. The molecule has 6 heteroatoms. The molecule has 1 saturated carbocycles. The van der Waals surface area contributed by atoms with Crippen LogP contribution in [0.2, 0.25) is 0 Å². The Morgan fingerprint density at radius 3 is 2.75 bits per heavy atom. The Morgan fingerprint density at radius 1 is 1.30 bits per heavy atom. The largest absolute Gasteiger partial charge is 0.478 e. The molecule has 20 heavy (non-hydrogen) atoms. The summed E-state index contributed by atoms with van der Waals surface area (Å²) in [5.74, 6) is -0.777. The number of carboxylic acids is 1. The van der Waals surface area contributed by atoms with Gasteiger partial charge in [0.1, 0.15) is 6.26 Å². The molecule has 1 aromatic rings. The Labute approximate surface area is 116 Å². The molecular formula is C14H17NO5. The normalized spacial score (nSPS) is 26.2. The van der Waals surface area contributed by atoms with Crippen molar-refractivity contribution in [3.63, 3.8) is 0 Å². The molecule has 1 aromatic heterocycles. The van der Waals surface area contributed by atoms with Crippen molar-refractivity contribution < 1.29 is 23.8 Å². The van der Waals surface area contributed by atoms with Crippen LogP contribution >= 0.6 is 0 Å². The fourth-order valence-electron chi connectivity index (χ4n) is 2.58. The van der Waals surface area contributed by atoms with E-state index in [1.165, 1.54) is 18.9 Å². The third kappa shape index (κ3) is 2.85. The van der Waals surface area contributed by atoms with Gasteiger partial charge in [-0.2, -0.15) is 0 Å². The van der Waals surface area contributed by atoms with E-state index in [-0.39, 0.29) is 29.4 Å². The topological polar surface area (TPSA) is 88.8 Å². The van der Waals surface area contributed by atoms with Crippen LogP contribution in [0.15, 0.2) is 16.7 Å². The van der Waals surface area contributed by atoms with E-state index < -0.39 is 5.97 Å². The monoisotopic (exact) mass is 279 g/mol. The molecular weight excluding hydrogens is 262 g/mol. The summed E-state index contributed by atoms with van der Waals surface area (Å²) in [6.45, 7) is 0.657. The second kappa shape index (κ2) is 5.28. The summed E-state index contributed by atoms with van der Waals surface area (Å²) in [6, 6.07) is 1.32. The van der Waals surface area contributed by atoms with Gasteiger partial charge in [-0.25, -0.2) is 4.79 Å². The van der Waals surface area contributed by atoms with Crippen molar-refractivity contribution in [3.05, 3.63) is 23.7 Å². The zero-order valence-corrected chi connectivity index (χ0v) is 11.0. The number of ether oxygens (including phenoxy) is 1. The number of hydrogen-bond acceptors (Lipinski definition) is 4. The van der Waals surface area contributed by atoms with E-state index in [4.69, 9.17) is 14.3 Å². The predicted octanol–water partition coefficient (Wildman–Crippen LogP) is 1.67.